The number of thiocarbonyl (C=S) groups is 2. The van der Waals surface area contributed by atoms with Crippen LogP contribution in [0.4, 0.5) is 11.4 Å². The van der Waals surface area contributed by atoms with E-state index in [4.69, 9.17) is 24.4 Å². The standard InChI is InChI=1S/C22H20N2O2S2/c25-19-11-5-1-7-15(19)13-21(27)23-17-9-3-4-10-18(17)24-22(28)14-16-8-2-6-12-20(16)26/h1-12,25-26H,13-14H2,(H,23,27)(H,24,28). The first-order valence-corrected chi connectivity index (χ1v) is 9.57. The van der Waals surface area contributed by atoms with E-state index < -0.39 is 0 Å². The highest BCUT2D eigenvalue weighted by atomic mass is 32.1. The fraction of sp³-hybridized carbons (Fsp3) is 0.0909. The van der Waals surface area contributed by atoms with E-state index >= 15 is 0 Å². The fourth-order valence-electron chi connectivity index (χ4n) is 2.76. The van der Waals surface area contributed by atoms with Crippen molar-refractivity contribution >= 4 is 45.8 Å². The highest BCUT2D eigenvalue weighted by Gasteiger charge is 2.09. The molecule has 6 heteroatoms. The molecular weight excluding hydrogens is 388 g/mol. The average molecular weight is 409 g/mol. The van der Waals surface area contributed by atoms with E-state index in [2.05, 4.69) is 10.6 Å². The SMILES string of the molecule is Oc1ccccc1CC(=S)Nc1ccccc1NC(=S)Cc1ccccc1O. The van der Waals surface area contributed by atoms with Gasteiger partial charge in [0.05, 0.1) is 21.4 Å². The number of para-hydroxylation sites is 4. The fourth-order valence-corrected chi connectivity index (χ4v) is 3.29. The Balaban J connectivity index is 1.67. The third-order valence-electron chi connectivity index (χ3n) is 4.16. The maximum Gasteiger partial charge on any atom is 0.119 e. The quantitative estimate of drug-likeness (QED) is 0.428. The van der Waals surface area contributed by atoms with Gasteiger partial charge in [0.15, 0.2) is 0 Å². The van der Waals surface area contributed by atoms with E-state index in [0.717, 1.165) is 22.5 Å². The molecule has 3 aromatic rings. The van der Waals surface area contributed by atoms with Gasteiger partial charge < -0.3 is 20.8 Å². The number of anilines is 2. The minimum atomic E-state index is 0.224. The van der Waals surface area contributed by atoms with Crippen LogP contribution in [0.15, 0.2) is 72.8 Å². The molecule has 3 aromatic carbocycles. The molecule has 0 aliphatic carbocycles. The Morgan fingerprint density at radius 1 is 0.607 bits per heavy atom. The molecule has 0 aliphatic heterocycles. The lowest BCUT2D eigenvalue weighted by Crippen LogP contribution is -2.17. The van der Waals surface area contributed by atoms with E-state index in [1.807, 2.05) is 48.5 Å². The molecule has 0 unspecified atom stereocenters. The van der Waals surface area contributed by atoms with Crippen LogP contribution < -0.4 is 10.6 Å². The normalized spacial score (nSPS) is 10.3. The van der Waals surface area contributed by atoms with Crippen LogP contribution in [0.3, 0.4) is 0 Å². The first-order chi connectivity index (χ1) is 13.5. The van der Waals surface area contributed by atoms with Crippen molar-refractivity contribution in [3.63, 3.8) is 0 Å². The third kappa shape index (κ3) is 5.28. The molecular formula is C22H20N2O2S2. The van der Waals surface area contributed by atoms with Crippen LogP contribution >= 0.6 is 24.4 Å². The largest absolute Gasteiger partial charge is 0.508 e. The van der Waals surface area contributed by atoms with E-state index in [-0.39, 0.29) is 11.5 Å². The third-order valence-corrected chi connectivity index (χ3v) is 4.65. The van der Waals surface area contributed by atoms with Gasteiger partial charge in [-0.1, -0.05) is 73.0 Å². The molecule has 0 amide bonds. The summed E-state index contributed by atoms with van der Waals surface area (Å²) in [5, 5.41) is 26.3. The summed E-state index contributed by atoms with van der Waals surface area (Å²) in [6.07, 6.45) is 0.858. The van der Waals surface area contributed by atoms with Gasteiger partial charge in [-0.25, -0.2) is 0 Å². The van der Waals surface area contributed by atoms with Crippen LogP contribution in [0, 0.1) is 0 Å². The van der Waals surface area contributed by atoms with Crippen molar-refractivity contribution in [3.05, 3.63) is 83.9 Å². The zero-order valence-electron chi connectivity index (χ0n) is 15.1. The Bertz CT molecular complexity index is 925. The molecule has 0 heterocycles. The van der Waals surface area contributed by atoms with E-state index in [1.165, 1.54) is 0 Å². The molecule has 0 aliphatic rings. The van der Waals surface area contributed by atoms with Gasteiger partial charge in [-0.15, -0.1) is 0 Å². The second-order valence-electron chi connectivity index (χ2n) is 6.25. The topological polar surface area (TPSA) is 64.5 Å². The van der Waals surface area contributed by atoms with Gasteiger partial charge in [-0.2, -0.15) is 0 Å². The summed E-state index contributed by atoms with van der Waals surface area (Å²) in [5.41, 5.74) is 3.12. The molecule has 142 valence electrons. The van der Waals surface area contributed by atoms with E-state index in [0.29, 0.717) is 22.8 Å². The van der Waals surface area contributed by atoms with E-state index in [1.54, 1.807) is 24.3 Å². The molecule has 4 nitrogen and oxygen atoms in total. The second-order valence-corrected chi connectivity index (χ2v) is 7.24. The van der Waals surface area contributed by atoms with Crippen molar-refractivity contribution in [2.45, 2.75) is 12.8 Å². The molecule has 0 saturated heterocycles. The number of hydrogen-bond acceptors (Lipinski definition) is 4. The number of aromatic hydroxyl groups is 2. The summed E-state index contributed by atoms with van der Waals surface area (Å²) < 4.78 is 0. The average Bonchev–Trinajstić information content (AvgIpc) is 2.67. The predicted molar refractivity (Wildman–Crippen MR) is 123 cm³/mol. The first kappa shape index (κ1) is 19.8. The Morgan fingerprint density at radius 3 is 1.36 bits per heavy atom. The van der Waals surface area contributed by atoms with Crippen molar-refractivity contribution in [1.29, 1.82) is 0 Å². The van der Waals surface area contributed by atoms with Crippen LogP contribution in [0.25, 0.3) is 0 Å². The molecule has 28 heavy (non-hydrogen) atoms. The Kier molecular flexibility index (Phi) is 6.57. The second kappa shape index (κ2) is 9.30. The maximum absolute atomic E-state index is 9.92. The molecule has 0 saturated carbocycles. The van der Waals surface area contributed by atoms with Crippen LogP contribution in [-0.4, -0.2) is 20.2 Å². The molecule has 0 radical (unpaired) electrons. The van der Waals surface area contributed by atoms with Crippen LogP contribution in [0.2, 0.25) is 0 Å². The molecule has 0 aromatic heterocycles. The van der Waals surface area contributed by atoms with Gasteiger partial charge in [0.25, 0.3) is 0 Å². The van der Waals surface area contributed by atoms with Crippen molar-refractivity contribution in [3.8, 4) is 11.5 Å². The van der Waals surface area contributed by atoms with Crippen molar-refractivity contribution in [2.24, 2.45) is 0 Å². The summed E-state index contributed by atoms with van der Waals surface area (Å²) >= 11 is 10.9. The van der Waals surface area contributed by atoms with Gasteiger partial charge in [0.2, 0.25) is 0 Å². The van der Waals surface area contributed by atoms with Gasteiger partial charge in [-0.05, 0) is 24.3 Å². The highest BCUT2D eigenvalue weighted by molar-refractivity contribution is 7.80. The van der Waals surface area contributed by atoms with Crippen molar-refractivity contribution < 1.29 is 10.2 Å². The van der Waals surface area contributed by atoms with Crippen molar-refractivity contribution in [1.82, 2.24) is 0 Å². The summed E-state index contributed by atoms with van der Waals surface area (Å²) in [6, 6.07) is 21.9. The smallest absolute Gasteiger partial charge is 0.119 e. The molecule has 0 bridgehead atoms. The minimum absolute atomic E-state index is 0.224. The van der Waals surface area contributed by atoms with Gasteiger partial charge in [0.1, 0.15) is 11.5 Å². The maximum atomic E-state index is 9.92. The number of benzene rings is 3. The molecule has 3 rings (SSSR count). The summed E-state index contributed by atoms with van der Waals surface area (Å²) in [6.45, 7) is 0. The lowest BCUT2D eigenvalue weighted by Gasteiger charge is -2.15. The minimum Gasteiger partial charge on any atom is -0.508 e. The summed E-state index contributed by atoms with van der Waals surface area (Å²) in [4.78, 5) is 1.17. The van der Waals surface area contributed by atoms with Crippen LogP contribution in [0.5, 0.6) is 11.5 Å². The first-order valence-electron chi connectivity index (χ1n) is 8.75. The number of hydrogen-bond donors (Lipinski definition) is 4. The zero-order chi connectivity index (χ0) is 19.9. The predicted octanol–water partition coefficient (Wildman–Crippen LogP) is 5.06. The number of phenolic OH excluding ortho intramolecular Hbond substituents is 2. The number of nitrogens with one attached hydrogen (secondary N) is 2. The van der Waals surface area contributed by atoms with Gasteiger partial charge >= 0.3 is 0 Å². The zero-order valence-corrected chi connectivity index (χ0v) is 16.7. The summed E-state index contributed by atoms with van der Waals surface area (Å²) in [5.74, 6) is 0.448. The molecule has 0 spiro atoms. The lowest BCUT2D eigenvalue weighted by molar-refractivity contribution is 0.469. The van der Waals surface area contributed by atoms with Gasteiger partial charge in [-0.3, -0.25) is 0 Å². The Morgan fingerprint density at radius 2 is 0.964 bits per heavy atom. The number of phenols is 2. The highest BCUT2D eigenvalue weighted by Crippen LogP contribution is 2.24. The van der Waals surface area contributed by atoms with Crippen LogP contribution in [0.1, 0.15) is 11.1 Å². The molecule has 0 fully saturated rings. The van der Waals surface area contributed by atoms with Gasteiger partial charge in [0, 0.05) is 24.0 Å². The lowest BCUT2D eigenvalue weighted by atomic mass is 10.1. The monoisotopic (exact) mass is 408 g/mol. The van der Waals surface area contributed by atoms with E-state index in [9.17, 15) is 10.2 Å². The molecule has 0 atom stereocenters. The molecule has 4 N–H and O–H groups in total. The number of rotatable bonds is 6. The van der Waals surface area contributed by atoms with Crippen LogP contribution in [-0.2, 0) is 12.8 Å². The van der Waals surface area contributed by atoms with Crippen molar-refractivity contribution in [2.75, 3.05) is 10.6 Å². The summed E-state index contributed by atoms with van der Waals surface area (Å²) in [7, 11) is 0. The Hall–Kier alpha value is -2.96. The Labute approximate surface area is 174 Å².